The molecule has 0 aliphatic carbocycles. The van der Waals surface area contributed by atoms with Gasteiger partial charge in [-0.1, -0.05) is 0 Å². The first kappa shape index (κ1) is 20.1. The number of rotatable bonds is 5. The molecular formula is C16H21F2N3O4S. The van der Waals surface area contributed by atoms with Crippen LogP contribution in [0.1, 0.15) is 19.8 Å². The zero-order chi connectivity index (χ0) is 19.6. The van der Waals surface area contributed by atoms with Crippen molar-refractivity contribution in [1.29, 1.82) is 0 Å². The molecule has 144 valence electrons. The molecule has 0 aromatic heterocycles. The molecule has 7 nitrogen and oxygen atoms in total. The number of hydrogen-bond donors (Lipinski definition) is 1. The third kappa shape index (κ3) is 4.29. The monoisotopic (exact) mass is 389 g/mol. The predicted molar refractivity (Wildman–Crippen MR) is 91.6 cm³/mol. The fraction of sp³-hybridized carbons (Fsp3) is 0.500. The van der Waals surface area contributed by atoms with Crippen LogP contribution >= 0.6 is 0 Å². The molecule has 1 aliphatic heterocycles. The summed E-state index contributed by atoms with van der Waals surface area (Å²) < 4.78 is 51.8. The molecule has 0 unspecified atom stereocenters. The Labute approximate surface area is 150 Å². The maximum Gasteiger partial charge on any atom is 0.246 e. The van der Waals surface area contributed by atoms with Gasteiger partial charge in [-0.25, -0.2) is 17.2 Å². The number of piperidine rings is 1. The Kier molecular flexibility index (Phi) is 5.84. The Hall–Kier alpha value is -2.23. The van der Waals surface area contributed by atoms with Gasteiger partial charge in [-0.3, -0.25) is 13.9 Å². The predicted octanol–water partition coefficient (Wildman–Crippen LogP) is 0.843. The number of nitrogens with two attached hydrogens (primary N) is 1. The van der Waals surface area contributed by atoms with Crippen molar-refractivity contribution in [2.75, 3.05) is 23.7 Å². The van der Waals surface area contributed by atoms with Gasteiger partial charge < -0.3 is 10.6 Å². The highest BCUT2D eigenvalue weighted by atomic mass is 32.2. The number of benzene rings is 1. The van der Waals surface area contributed by atoms with Crippen molar-refractivity contribution in [2.45, 2.75) is 25.8 Å². The molecule has 1 aromatic carbocycles. The van der Waals surface area contributed by atoms with Crippen LogP contribution in [0.15, 0.2) is 18.2 Å². The summed E-state index contributed by atoms with van der Waals surface area (Å²) >= 11 is 0. The Bertz CT molecular complexity index is 808. The fourth-order valence-electron chi connectivity index (χ4n) is 3.07. The Morgan fingerprint density at radius 3 is 2.27 bits per heavy atom. The van der Waals surface area contributed by atoms with Crippen LogP contribution in [0.4, 0.5) is 14.5 Å². The molecule has 1 fully saturated rings. The molecule has 10 heteroatoms. The second kappa shape index (κ2) is 7.56. The third-order valence-electron chi connectivity index (χ3n) is 4.43. The van der Waals surface area contributed by atoms with Gasteiger partial charge >= 0.3 is 0 Å². The number of nitrogens with zero attached hydrogens (tertiary/aromatic N) is 2. The van der Waals surface area contributed by atoms with Crippen molar-refractivity contribution in [2.24, 2.45) is 11.7 Å². The second-order valence-corrected chi connectivity index (χ2v) is 8.19. The van der Waals surface area contributed by atoms with E-state index in [0.717, 1.165) is 28.8 Å². The summed E-state index contributed by atoms with van der Waals surface area (Å²) in [4.78, 5) is 25.4. The third-order valence-corrected chi connectivity index (χ3v) is 5.67. The van der Waals surface area contributed by atoms with Crippen LogP contribution in [0.3, 0.4) is 0 Å². The van der Waals surface area contributed by atoms with Crippen LogP contribution in [0.5, 0.6) is 0 Å². The van der Waals surface area contributed by atoms with Crippen LogP contribution in [0.25, 0.3) is 0 Å². The summed E-state index contributed by atoms with van der Waals surface area (Å²) in [5, 5.41) is 0. The fourth-order valence-corrected chi connectivity index (χ4v) is 4.23. The lowest BCUT2D eigenvalue weighted by Crippen LogP contribution is -2.52. The standard InChI is InChI=1S/C16H21F2N3O4S/c1-10(16(23)20-7-5-11(6-8-20)15(19)22)21(26(2,24)25)12-3-4-13(17)14(18)9-12/h3-4,9-11H,5-8H2,1-2H3,(H2,19,22)/t10-/m0/s1. The Balaban J connectivity index is 2.24. The summed E-state index contributed by atoms with van der Waals surface area (Å²) in [7, 11) is -3.93. The molecule has 1 atom stereocenters. The maximum atomic E-state index is 13.5. The zero-order valence-electron chi connectivity index (χ0n) is 14.5. The van der Waals surface area contributed by atoms with Crippen LogP contribution in [0, 0.1) is 17.6 Å². The quantitative estimate of drug-likeness (QED) is 0.806. The van der Waals surface area contributed by atoms with Crippen LogP contribution in [0.2, 0.25) is 0 Å². The molecular weight excluding hydrogens is 368 g/mol. The average molecular weight is 389 g/mol. The second-order valence-electron chi connectivity index (χ2n) is 6.34. The molecule has 2 amide bonds. The topological polar surface area (TPSA) is 101 Å². The zero-order valence-corrected chi connectivity index (χ0v) is 15.3. The first-order valence-electron chi connectivity index (χ1n) is 8.05. The molecule has 2 N–H and O–H groups in total. The van der Waals surface area contributed by atoms with Crippen molar-refractivity contribution < 1.29 is 26.8 Å². The van der Waals surface area contributed by atoms with Crippen LogP contribution in [-0.2, 0) is 19.6 Å². The van der Waals surface area contributed by atoms with Gasteiger partial charge in [0.25, 0.3) is 0 Å². The minimum absolute atomic E-state index is 0.140. The highest BCUT2D eigenvalue weighted by molar-refractivity contribution is 7.92. The van der Waals surface area contributed by atoms with Crippen molar-refractivity contribution in [1.82, 2.24) is 4.90 Å². The first-order chi connectivity index (χ1) is 12.0. The number of likely N-dealkylation sites (tertiary alicyclic amines) is 1. The molecule has 2 rings (SSSR count). The molecule has 1 heterocycles. The van der Waals surface area contributed by atoms with Crippen LogP contribution in [-0.4, -0.2) is 50.5 Å². The molecule has 1 saturated heterocycles. The largest absolute Gasteiger partial charge is 0.369 e. The highest BCUT2D eigenvalue weighted by Crippen LogP contribution is 2.25. The Morgan fingerprint density at radius 1 is 1.23 bits per heavy atom. The summed E-state index contributed by atoms with van der Waals surface area (Å²) in [5.74, 6) is -3.55. The number of hydrogen-bond acceptors (Lipinski definition) is 4. The van der Waals surface area contributed by atoms with Gasteiger partial charge in [-0.2, -0.15) is 0 Å². The summed E-state index contributed by atoms with van der Waals surface area (Å²) in [6.45, 7) is 1.92. The summed E-state index contributed by atoms with van der Waals surface area (Å²) in [5.41, 5.74) is 5.12. The van der Waals surface area contributed by atoms with Crippen molar-refractivity contribution in [3.63, 3.8) is 0 Å². The molecule has 1 aliphatic rings. The van der Waals surface area contributed by atoms with Crippen LogP contribution < -0.4 is 10.0 Å². The van der Waals surface area contributed by atoms with E-state index in [1.54, 1.807) is 0 Å². The van der Waals surface area contributed by atoms with Crippen molar-refractivity contribution in [3.05, 3.63) is 29.8 Å². The van der Waals surface area contributed by atoms with E-state index in [4.69, 9.17) is 5.73 Å². The number of amides is 2. The van der Waals surface area contributed by atoms with Crippen molar-refractivity contribution >= 4 is 27.5 Å². The lowest BCUT2D eigenvalue weighted by molar-refractivity contribution is -0.135. The van der Waals surface area contributed by atoms with E-state index in [9.17, 15) is 26.8 Å². The van der Waals surface area contributed by atoms with Gasteiger partial charge in [-0.05, 0) is 31.9 Å². The number of primary amides is 1. The van der Waals surface area contributed by atoms with Gasteiger partial charge in [0.2, 0.25) is 21.8 Å². The van der Waals surface area contributed by atoms with E-state index < -0.39 is 39.5 Å². The molecule has 0 spiro atoms. The van der Waals surface area contributed by atoms with Gasteiger partial charge in [-0.15, -0.1) is 0 Å². The average Bonchev–Trinajstić information content (AvgIpc) is 2.56. The maximum absolute atomic E-state index is 13.5. The minimum Gasteiger partial charge on any atom is -0.369 e. The SMILES string of the molecule is C[C@@H](C(=O)N1CCC(C(N)=O)CC1)N(c1ccc(F)c(F)c1)S(C)(=O)=O. The summed E-state index contributed by atoms with van der Waals surface area (Å²) in [6, 6.07) is 1.49. The van der Waals surface area contributed by atoms with E-state index in [2.05, 4.69) is 0 Å². The number of halogens is 2. The van der Waals surface area contributed by atoms with Gasteiger partial charge in [0.05, 0.1) is 11.9 Å². The van der Waals surface area contributed by atoms with Crippen molar-refractivity contribution in [3.8, 4) is 0 Å². The highest BCUT2D eigenvalue weighted by Gasteiger charge is 2.34. The number of sulfonamides is 1. The lowest BCUT2D eigenvalue weighted by Gasteiger charge is -2.36. The van der Waals surface area contributed by atoms with E-state index >= 15 is 0 Å². The van der Waals surface area contributed by atoms with E-state index in [1.807, 2.05) is 0 Å². The molecule has 0 bridgehead atoms. The number of carbonyl (C=O) groups is 2. The minimum atomic E-state index is -3.93. The number of carbonyl (C=O) groups excluding carboxylic acids is 2. The van der Waals surface area contributed by atoms with Gasteiger partial charge in [0.15, 0.2) is 11.6 Å². The molecule has 0 saturated carbocycles. The normalized spacial score (nSPS) is 17.0. The number of anilines is 1. The van der Waals surface area contributed by atoms with E-state index in [-0.39, 0.29) is 24.7 Å². The molecule has 0 radical (unpaired) electrons. The van der Waals surface area contributed by atoms with Gasteiger partial charge in [0.1, 0.15) is 6.04 Å². The smallest absolute Gasteiger partial charge is 0.246 e. The summed E-state index contributed by atoms with van der Waals surface area (Å²) in [6.07, 6.45) is 1.69. The molecule has 26 heavy (non-hydrogen) atoms. The Morgan fingerprint density at radius 2 is 1.81 bits per heavy atom. The van der Waals surface area contributed by atoms with E-state index in [0.29, 0.717) is 12.8 Å². The first-order valence-corrected chi connectivity index (χ1v) is 9.89. The molecule has 1 aromatic rings. The van der Waals surface area contributed by atoms with E-state index in [1.165, 1.54) is 11.8 Å². The lowest BCUT2D eigenvalue weighted by atomic mass is 9.96. The van der Waals surface area contributed by atoms with Gasteiger partial charge in [0, 0.05) is 25.1 Å².